The van der Waals surface area contributed by atoms with Crippen molar-refractivity contribution in [3.8, 4) is 17.2 Å². The fourth-order valence-electron chi connectivity index (χ4n) is 0.952. The van der Waals surface area contributed by atoms with Gasteiger partial charge in [0.25, 0.3) is 0 Å². The Morgan fingerprint density at radius 3 is 2.23 bits per heavy atom. The van der Waals surface area contributed by atoms with Gasteiger partial charge in [-0.3, -0.25) is 0 Å². The normalized spacial score (nSPS) is 8.54. The van der Waals surface area contributed by atoms with Gasteiger partial charge < -0.3 is 14.2 Å². The molecule has 0 saturated carbocycles. The Morgan fingerprint density at radius 2 is 1.77 bits per heavy atom. The van der Waals surface area contributed by atoms with E-state index in [1.54, 1.807) is 33.5 Å². The quantitative estimate of drug-likeness (QED) is 0.413. The summed E-state index contributed by atoms with van der Waals surface area (Å²) in [6, 6.07) is 6.37. The van der Waals surface area contributed by atoms with Crippen LogP contribution in [0.4, 0.5) is 0 Å². The molecule has 0 aliphatic heterocycles. The van der Waals surface area contributed by atoms with Gasteiger partial charge in [-0.1, -0.05) is 0 Å². The van der Waals surface area contributed by atoms with Crippen LogP contribution < -0.4 is 33.1 Å². The summed E-state index contributed by atoms with van der Waals surface area (Å²) in [6.07, 6.45) is 0. The summed E-state index contributed by atoms with van der Waals surface area (Å²) in [7, 11) is 4.71. The minimum Gasteiger partial charge on any atom is -0.547 e. The molecule has 0 spiro atoms. The first-order chi connectivity index (χ1) is 5.83. The maximum absolute atomic E-state index is 5.08. The molecule has 0 unspecified atom stereocenters. The third-order valence-corrected chi connectivity index (χ3v) is 1.51. The van der Waals surface area contributed by atoms with Gasteiger partial charge in [-0.15, -0.1) is 12.1 Å². The summed E-state index contributed by atoms with van der Waals surface area (Å²) in [4.78, 5) is 0. The van der Waals surface area contributed by atoms with Crippen LogP contribution in [-0.4, -0.2) is 21.3 Å². The van der Waals surface area contributed by atoms with Crippen LogP contribution in [0.3, 0.4) is 0 Å². The molecule has 4 heteroatoms. The fraction of sp³-hybridized carbons (Fsp3) is 0.333. The number of benzene rings is 1. The number of methoxy groups -OCH3 is 3. The van der Waals surface area contributed by atoms with E-state index in [1.165, 1.54) is 0 Å². The van der Waals surface area contributed by atoms with Crippen molar-refractivity contribution in [3.05, 3.63) is 18.2 Å². The van der Waals surface area contributed by atoms with Crippen molar-refractivity contribution >= 4 is 0 Å². The molecular weight excluding hydrogens is 163 g/mol. The topological polar surface area (TPSA) is 27.7 Å². The first-order valence-electron chi connectivity index (χ1n) is 3.50. The van der Waals surface area contributed by atoms with Crippen molar-refractivity contribution in [3.63, 3.8) is 0 Å². The molecule has 0 aliphatic rings. The number of hydrogen-bond donors (Lipinski definition) is 0. The summed E-state index contributed by atoms with van der Waals surface area (Å²) in [5.74, 6) is 1.77. The maximum atomic E-state index is 5.08. The first kappa shape index (κ1) is 12.2. The first-order valence-corrected chi connectivity index (χ1v) is 3.50. The van der Waals surface area contributed by atoms with Crippen LogP contribution in [0.25, 0.3) is 0 Å². The standard InChI is InChI=1S/C9H11O3.Li/c1-10-7-5-4-6-8(11-2)9(7)12-3;/h4-5H,1-3H3;/q-1;+1. The monoisotopic (exact) mass is 174 g/mol. The van der Waals surface area contributed by atoms with Gasteiger partial charge in [0.2, 0.25) is 0 Å². The third kappa shape index (κ3) is 2.58. The molecule has 1 aromatic carbocycles. The zero-order chi connectivity index (χ0) is 8.97. The minimum atomic E-state index is 0. The van der Waals surface area contributed by atoms with Gasteiger partial charge in [0, 0.05) is 0 Å². The van der Waals surface area contributed by atoms with Crippen LogP contribution in [0.2, 0.25) is 0 Å². The van der Waals surface area contributed by atoms with E-state index in [9.17, 15) is 0 Å². The molecule has 0 saturated heterocycles. The number of rotatable bonds is 3. The molecule has 0 bridgehead atoms. The molecule has 3 nitrogen and oxygen atoms in total. The van der Waals surface area contributed by atoms with Gasteiger partial charge in [0.05, 0.1) is 38.6 Å². The zero-order valence-electron chi connectivity index (χ0n) is 8.38. The molecule has 0 aliphatic carbocycles. The Morgan fingerprint density at radius 1 is 1.08 bits per heavy atom. The molecular formula is C9H11LiO3. The second kappa shape index (κ2) is 5.79. The summed E-state index contributed by atoms with van der Waals surface area (Å²) < 4.78 is 15.1. The second-order valence-electron chi connectivity index (χ2n) is 2.11. The van der Waals surface area contributed by atoms with E-state index < -0.39 is 0 Å². The Hall–Kier alpha value is -0.783. The van der Waals surface area contributed by atoms with Crippen LogP contribution in [0.15, 0.2) is 12.1 Å². The smallest absolute Gasteiger partial charge is 0.547 e. The van der Waals surface area contributed by atoms with Crippen molar-refractivity contribution in [2.24, 2.45) is 0 Å². The summed E-state index contributed by atoms with van der Waals surface area (Å²) in [5.41, 5.74) is 0. The molecule has 1 rings (SSSR count). The average Bonchev–Trinajstić information content (AvgIpc) is 2.16. The summed E-state index contributed by atoms with van der Waals surface area (Å²) in [5, 5.41) is 0. The van der Waals surface area contributed by atoms with Crippen molar-refractivity contribution in [2.45, 2.75) is 0 Å². The predicted octanol–water partition coefficient (Wildman–Crippen LogP) is -1.48. The van der Waals surface area contributed by atoms with E-state index in [1.807, 2.05) is 0 Å². The molecule has 66 valence electrons. The van der Waals surface area contributed by atoms with Gasteiger partial charge in [0.1, 0.15) is 0 Å². The van der Waals surface area contributed by atoms with E-state index >= 15 is 0 Å². The Bertz CT molecular complexity index is 241. The van der Waals surface area contributed by atoms with E-state index in [0.717, 1.165) is 0 Å². The van der Waals surface area contributed by atoms with E-state index in [0.29, 0.717) is 17.2 Å². The average molecular weight is 174 g/mol. The molecule has 0 heterocycles. The molecule has 13 heavy (non-hydrogen) atoms. The van der Waals surface area contributed by atoms with Crippen LogP contribution in [0.1, 0.15) is 0 Å². The van der Waals surface area contributed by atoms with Gasteiger partial charge >= 0.3 is 18.9 Å². The summed E-state index contributed by atoms with van der Waals surface area (Å²) in [6.45, 7) is 0. The largest absolute Gasteiger partial charge is 1.00 e. The van der Waals surface area contributed by atoms with Crippen LogP contribution in [0, 0.1) is 6.07 Å². The van der Waals surface area contributed by atoms with Crippen LogP contribution in [0.5, 0.6) is 17.2 Å². The maximum Gasteiger partial charge on any atom is 1.00 e. The number of ether oxygens (including phenoxy) is 3. The van der Waals surface area contributed by atoms with Crippen LogP contribution >= 0.6 is 0 Å². The van der Waals surface area contributed by atoms with Crippen molar-refractivity contribution < 1.29 is 33.1 Å². The Kier molecular flexibility index (Phi) is 5.44. The van der Waals surface area contributed by atoms with Crippen molar-refractivity contribution in [1.82, 2.24) is 0 Å². The van der Waals surface area contributed by atoms with Gasteiger partial charge in [-0.2, -0.15) is 6.07 Å². The molecule has 0 atom stereocenters. The Labute approximate surface area is 90.2 Å². The molecule has 0 radical (unpaired) electrons. The third-order valence-electron chi connectivity index (χ3n) is 1.51. The minimum absolute atomic E-state index is 0. The van der Waals surface area contributed by atoms with Gasteiger partial charge in [-0.25, -0.2) is 0 Å². The predicted molar refractivity (Wildman–Crippen MR) is 44.9 cm³/mol. The van der Waals surface area contributed by atoms with E-state index in [-0.39, 0.29) is 18.9 Å². The molecule has 0 N–H and O–H groups in total. The second-order valence-corrected chi connectivity index (χ2v) is 2.11. The molecule has 0 amide bonds. The SMILES string of the molecule is COc1[c-]ccc(OC)c1OC.[Li+]. The van der Waals surface area contributed by atoms with Crippen molar-refractivity contribution in [1.29, 1.82) is 0 Å². The number of hydrogen-bond acceptors (Lipinski definition) is 3. The molecule has 1 aromatic rings. The summed E-state index contributed by atoms with van der Waals surface area (Å²) >= 11 is 0. The van der Waals surface area contributed by atoms with Crippen LogP contribution in [-0.2, 0) is 0 Å². The van der Waals surface area contributed by atoms with E-state index in [2.05, 4.69) is 6.07 Å². The van der Waals surface area contributed by atoms with Crippen molar-refractivity contribution in [2.75, 3.05) is 21.3 Å². The fourth-order valence-corrected chi connectivity index (χ4v) is 0.952. The van der Waals surface area contributed by atoms with E-state index in [4.69, 9.17) is 14.2 Å². The van der Waals surface area contributed by atoms with Gasteiger partial charge in [0.15, 0.2) is 0 Å². The zero-order valence-corrected chi connectivity index (χ0v) is 8.38. The molecule has 0 fully saturated rings. The van der Waals surface area contributed by atoms with Gasteiger partial charge in [-0.05, 0) is 0 Å². The Balaban J connectivity index is 0.00000144. The molecule has 0 aromatic heterocycles.